The topological polar surface area (TPSA) is 66.7 Å². The number of likely N-dealkylation sites (tertiary alicyclic amines) is 1. The van der Waals surface area contributed by atoms with Gasteiger partial charge in [0.15, 0.2) is 5.69 Å². The molecule has 0 radical (unpaired) electrons. The molecule has 144 valence electrons. The second-order valence-electron chi connectivity index (χ2n) is 7.17. The molecule has 1 fully saturated rings. The predicted octanol–water partition coefficient (Wildman–Crippen LogP) is 4.11. The van der Waals surface area contributed by atoms with Gasteiger partial charge >= 0.3 is 0 Å². The minimum atomic E-state index is -0.400. The molecule has 0 aliphatic carbocycles. The number of piperidine rings is 1. The van der Waals surface area contributed by atoms with Gasteiger partial charge in [-0.15, -0.1) is 0 Å². The van der Waals surface area contributed by atoms with Crippen molar-refractivity contribution in [2.24, 2.45) is 5.92 Å². The normalized spacial score (nSPS) is 16.9. The molecular formula is C21H21ClN4O2. The highest BCUT2D eigenvalue weighted by Crippen LogP contribution is 2.23. The van der Waals surface area contributed by atoms with Crippen LogP contribution in [0.5, 0.6) is 0 Å². The van der Waals surface area contributed by atoms with E-state index >= 15 is 0 Å². The number of carbonyl (C=O) groups excluding carboxylic acids is 2. The van der Waals surface area contributed by atoms with E-state index < -0.39 is 5.91 Å². The fourth-order valence-corrected chi connectivity index (χ4v) is 3.80. The molecule has 3 aromatic rings. The van der Waals surface area contributed by atoms with E-state index in [0.29, 0.717) is 35.2 Å². The first-order chi connectivity index (χ1) is 13.5. The fraction of sp³-hybridized carbons (Fsp3) is 0.286. The Hall–Kier alpha value is -2.86. The highest BCUT2D eigenvalue weighted by molar-refractivity contribution is 6.34. The molecule has 3 heterocycles. The third-order valence-electron chi connectivity index (χ3n) is 5.02. The van der Waals surface area contributed by atoms with E-state index in [1.165, 1.54) is 0 Å². The monoisotopic (exact) mass is 396 g/mol. The van der Waals surface area contributed by atoms with Gasteiger partial charge in [0.05, 0.1) is 16.2 Å². The number of hydrogen-bond donors (Lipinski definition) is 1. The molecule has 1 N–H and O–H groups in total. The molecule has 0 saturated carbocycles. The quantitative estimate of drug-likeness (QED) is 0.724. The summed E-state index contributed by atoms with van der Waals surface area (Å²) in [5, 5.41) is 3.23. The van der Waals surface area contributed by atoms with E-state index in [0.717, 1.165) is 12.8 Å². The average molecular weight is 397 g/mol. The largest absolute Gasteiger partial charge is 0.336 e. The highest BCUT2D eigenvalue weighted by atomic mass is 35.5. The van der Waals surface area contributed by atoms with E-state index in [9.17, 15) is 9.59 Å². The maximum atomic E-state index is 13.1. The summed E-state index contributed by atoms with van der Waals surface area (Å²) in [5.74, 6) is 0.174. The molecule has 2 aromatic heterocycles. The predicted molar refractivity (Wildman–Crippen MR) is 109 cm³/mol. The number of imidazole rings is 1. The molecule has 1 saturated heterocycles. The zero-order valence-electron chi connectivity index (χ0n) is 15.6. The number of hydrogen-bond acceptors (Lipinski definition) is 3. The van der Waals surface area contributed by atoms with Crippen molar-refractivity contribution in [3.8, 4) is 0 Å². The Morgan fingerprint density at radius 1 is 1.18 bits per heavy atom. The van der Waals surface area contributed by atoms with Crippen LogP contribution in [0.15, 0.2) is 48.7 Å². The summed E-state index contributed by atoms with van der Waals surface area (Å²) >= 11 is 6.14. The molecule has 1 aliphatic rings. The van der Waals surface area contributed by atoms with Crippen LogP contribution >= 0.6 is 11.6 Å². The van der Waals surface area contributed by atoms with Gasteiger partial charge in [-0.25, -0.2) is 4.98 Å². The Morgan fingerprint density at radius 2 is 1.96 bits per heavy atom. The number of amides is 2. The van der Waals surface area contributed by atoms with E-state index in [-0.39, 0.29) is 17.4 Å². The van der Waals surface area contributed by atoms with Gasteiger partial charge in [-0.3, -0.25) is 14.0 Å². The Morgan fingerprint density at radius 3 is 2.75 bits per heavy atom. The summed E-state index contributed by atoms with van der Waals surface area (Å²) in [7, 11) is 0. The van der Waals surface area contributed by atoms with Crippen LogP contribution in [0.4, 0.5) is 5.69 Å². The molecule has 2 amide bonds. The van der Waals surface area contributed by atoms with Crippen LogP contribution in [0.1, 0.15) is 40.9 Å². The fourth-order valence-electron chi connectivity index (χ4n) is 3.62. The number of benzene rings is 1. The molecule has 1 unspecified atom stereocenters. The van der Waals surface area contributed by atoms with E-state index in [4.69, 9.17) is 11.6 Å². The lowest BCUT2D eigenvalue weighted by Gasteiger charge is -2.30. The van der Waals surface area contributed by atoms with Crippen LogP contribution in [0.2, 0.25) is 5.02 Å². The third kappa shape index (κ3) is 3.47. The molecule has 1 atom stereocenters. The van der Waals surface area contributed by atoms with Crippen molar-refractivity contribution in [2.45, 2.75) is 19.8 Å². The molecule has 7 heteroatoms. The number of nitrogens with one attached hydrogen (secondary N) is 1. The SMILES string of the molecule is CC1CCCN(C(=O)c2nc(C(=O)Nc3ccccc3Cl)c3ccccn23)C1. The molecule has 0 spiro atoms. The first-order valence-electron chi connectivity index (χ1n) is 9.37. The van der Waals surface area contributed by atoms with Crippen molar-refractivity contribution in [1.82, 2.24) is 14.3 Å². The number of rotatable bonds is 3. The van der Waals surface area contributed by atoms with Crippen LogP contribution in [0, 0.1) is 5.92 Å². The van der Waals surface area contributed by atoms with Crippen LogP contribution in [0.3, 0.4) is 0 Å². The number of fused-ring (bicyclic) bond motifs is 1. The zero-order valence-corrected chi connectivity index (χ0v) is 16.3. The lowest BCUT2D eigenvalue weighted by Crippen LogP contribution is -2.39. The van der Waals surface area contributed by atoms with Crippen molar-refractivity contribution >= 4 is 34.6 Å². The summed E-state index contributed by atoms with van der Waals surface area (Å²) in [6, 6.07) is 12.4. The minimum absolute atomic E-state index is 0.149. The Balaban J connectivity index is 1.69. The minimum Gasteiger partial charge on any atom is -0.336 e. The lowest BCUT2D eigenvalue weighted by atomic mass is 10.0. The van der Waals surface area contributed by atoms with E-state index in [2.05, 4.69) is 17.2 Å². The molecule has 0 bridgehead atoms. The lowest BCUT2D eigenvalue weighted by molar-refractivity contribution is 0.0670. The number of anilines is 1. The maximum absolute atomic E-state index is 13.1. The summed E-state index contributed by atoms with van der Waals surface area (Å²) in [6.45, 7) is 3.57. The van der Waals surface area contributed by atoms with Gasteiger partial charge < -0.3 is 10.2 Å². The number of para-hydroxylation sites is 1. The van der Waals surface area contributed by atoms with E-state index in [1.54, 1.807) is 40.9 Å². The van der Waals surface area contributed by atoms with Crippen molar-refractivity contribution in [2.75, 3.05) is 18.4 Å². The molecule has 6 nitrogen and oxygen atoms in total. The van der Waals surface area contributed by atoms with E-state index in [1.807, 2.05) is 17.0 Å². The van der Waals surface area contributed by atoms with Crippen molar-refractivity contribution in [1.29, 1.82) is 0 Å². The van der Waals surface area contributed by atoms with Gasteiger partial charge in [-0.2, -0.15) is 0 Å². The first-order valence-corrected chi connectivity index (χ1v) is 9.74. The van der Waals surface area contributed by atoms with Gasteiger partial charge in [-0.05, 0) is 43.0 Å². The van der Waals surface area contributed by atoms with Gasteiger partial charge in [0.2, 0.25) is 5.82 Å². The van der Waals surface area contributed by atoms with Gasteiger partial charge in [0.25, 0.3) is 11.8 Å². The smallest absolute Gasteiger partial charge is 0.290 e. The molecule has 1 aliphatic heterocycles. The second-order valence-corrected chi connectivity index (χ2v) is 7.58. The van der Waals surface area contributed by atoms with Gasteiger partial charge in [-0.1, -0.05) is 36.7 Å². The number of aromatic nitrogens is 2. The van der Waals surface area contributed by atoms with Crippen molar-refractivity contribution in [3.63, 3.8) is 0 Å². The molecule has 1 aromatic carbocycles. The summed E-state index contributed by atoms with van der Waals surface area (Å²) < 4.78 is 1.68. The second kappa shape index (κ2) is 7.64. The molecule has 4 rings (SSSR count). The Labute approximate surface area is 168 Å². The number of halogens is 1. The average Bonchev–Trinajstić information content (AvgIpc) is 3.09. The number of nitrogens with zero attached hydrogens (tertiary/aromatic N) is 3. The summed E-state index contributed by atoms with van der Waals surface area (Å²) in [4.78, 5) is 32.2. The van der Waals surface area contributed by atoms with Crippen LogP contribution in [-0.2, 0) is 0 Å². The Bertz CT molecular complexity index is 1050. The van der Waals surface area contributed by atoms with Crippen LogP contribution in [-0.4, -0.2) is 39.2 Å². The van der Waals surface area contributed by atoms with Gasteiger partial charge in [0.1, 0.15) is 0 Å². The summed E-state index contributed by atoms with van der Waals surface area (Å²) in [6.07, 6.45) is 3.86. The number of carbonyl (C=O) groups is 2. The van der Waals surface area contributed by atoms with Crippen molar-refractivity contribution in [3.05, 3.63) is 65.2 Å². The first kappa shape index (κ1) is 18.5. The number of pyridine rings is 1. The Kier molecular flexibility index (Phi) is 5.05. The van der Waals surface area contributed by atoms with Crippen LogP contribution < -0.4 is 5.32 Å². The molecular weight excluding hydrogens is 376 g/mol. The van der Waals surface area contributed by atoms with Gasteiger partial charge in [0, 0.05) is 19.3 Å². The maximum Gasteiger partial charge on any atom is 0.290 e. The molecule has 28 heavy (non-hydrogen) atoms. The zero-order chi connectivity index (χ0) is 19.7. The summed E-state index contributed by atoms with van der Waals surface area (Å²) in [5.41, 5.74) is 1.29. The van der Waals surface area contributed by atoms with Crippen LogP contribution in [0.25, 0.3) is 5.52 Å². The van der Waals surface area contributed by atoms with Crippen molar-refractivity contribution < 1.29 is 9.59 Å². The highest BCUT2D eigenvalue weighted by Gasteiger charge is 2.28. The standard InChI is InChI=1S/C21H21ClN4O2/c1-14-7-6-11-25(13-14)21(28)19-24-18(17-10-4-5-12-26(17)19)20(27)23-16-9-3-2-8-15(16)22/h2-5,8-10,12,14H,6-7,11,13H2,1H3,(H,23,27). The third-order valence-corrected chi connectivity index (χ3v) is 5.35.